The van der Waals surface area contributed by atoms with Gasteiger partial charge >= 0.3 is 6.18 Å². The molecule has 5 heteroatoms. The maximum Gasteiger partial charge on any atom is 0.396 e. The van der Waals surface area contributed by atoms with Crippen LogP contribution in [0.5, 0.6) is 0 Å². The van der Waals surface area contributed by atoms with E-state index in [4.69, 9.17) is 11.6 Å². The fourth-order valence-electron chi connectivity index (χ4n) is 1.80. The number of rotatable bonds is 0. The van der Waals surface area contributed by atoms with Gasteiger partial charge in [0, 0.05) is 18.1 Å². The van der Waals surface area contributed by atoms with Crippen molar-refractivity contribution >= 4 is 11.6 Å². The van der Waals surface area contributed by atoms with Crippen molar-refractivity contribution in [2.75, 3.05) is 6.54 Å². The number of halogens is 4. The molecule has 1 heterocycles. The van der Waals surface area contributed by atoms with Crippen molar-refractivity contribution in [3.05, 3.63) is 34.3 Å². The van der Waals surface area contributed by atoms with E-state index in [0.29, 0.717) is 22.7 Å². The van der Waals surface area contributed by atoms with Crippen LogP contribution < -0.4 is 5.32 Å². The Balaban J connectivity index is 2.45. The highest BCUT2D eigenvalue weighted by Crippen LogP contribution is 2.38. The van der Waals surface area contributed by atoms with Gasteiger partial charge in [-0.2, -0.15) is 13.2 Å². The van der Waals surface area contributed by atoms with E-state index in [1.807, 2.05) is 0 Å². The largest absolute Gasteiger partial charge is 0.396 e. The van der Waals surface area contributed by atoms with Crippen LogP contribution >= 0.6 is 11.6 Å². The van der Waals surface area contributed by atoms with Gasteiger partial charge in [0.05, 0.1) is 5.92 Å². The number of hydrogen-bond donors (Lipinski definition) is 1. The molecular weight excluding hydrogens is 227 g/mol. The van der Waals surface area contributed by atoms with Gasteiger partial charge in [-0.05, 0) is 23.3 Å². The van der Waals surface area contributed by atoms with E-state index in [0.717, 1.165) is 0 Å². The van der Waals surface area contributed by atoms with Gasteiger partial charge in [-0.15, -0.1) is 0 Å². The minimum Gasteiger partial charge on any atom is -0.312 e. The average Bonchev–Trinajstić information content (AvgIpc) is 2.15. The molecule has 1 atom stereocenters. The molecule has 1 aromatic rings. The zero-order valence-electron chi connectivity index (χ0n) is 7.74. The molecule has 82 valence electrons. The summed E-state index contributed by atoms with van der Waals surface area (Å²) in [4.78, 5) is 0. The smallest absolute Gasteiger partial charge is 0.312 e. The number of hydrogen-bond acceptors (Lipinski definition) is 1. The van der Waals surface area contributed by atoms with Crippen molar-refractivity contribution in [1.82, 2.24) is 5.32 Å². The van der Waals surface area contributed by atoms with Gasteiger partial charge in [0.15, 0.2) is 0 Å². The van der Waals surface area contributed by atoms with Crippen molar-refractivity contribution < 1.29 is 13.2 Å². The van der Waals surface area contributed by atoms with E-state index in [1.165, 1.54) is 6.07 Å². The molecular formula is C10H9ClF3N. The summed E-state index contributed by atoms with van der Waals surface area (Å²) in [5.74, 6) is -1.44. The summed E-state index contributed by atoms with van der Waals surface area (Å²) < 4.78 is 38.0. The number of alkyl halides is 3. The Labute approximate surface area is 90.2 Å². The minimum absolute atomic E-state index is 0.0726. The zero-order valence-corrected chi connectivity index (χ0v) is 8.49. The SMILES string of the molecule is FC(F)(F)C1CNCc2ccc(Cl)cc21. The maximum absolute atomic E-state index is 12.7. The van der Waals surface area contributed by atoms with E-state index in [-0.39, 0.29) is 6.54 Å². The first-order valence-electron chi connectivity index (χ1n) is 4.54. The second-order valence-corrected chi connectivity index (χ2v) is 4.00. The quantitative estimate of drug-likeness (QED) is 0.729. The summed E-state index contributed by atoms with van der Waals surface area (Å²) in [6.07, 6.45) is -4.22. The van der Waals surface area contributed by atoms with Crippen molar-refractivity contribution in [3.63, 3.8) is 0 Å². The van der Waals surface area contributed by atoms with Crippen molar-refractivity contribution in [2.45, 2.75) is 18.6 Å². The van der Waals surface area contributed by atoms with Crippen LogP contribution in [0.15, 0.2) is 18.2 Å². The molecule has 1 nitrogen and oxygen atoms in total. The lowest BCUT2D eigenvalue weighted by Crippen LogP contribution is -2.36. The highest BCUT2D eigenvalue weighted by Gasteiger charge is 2.42. The molecule has 1 unspecified atom stereocenters. The molecule has 0 fully saturated rings. The van der Waals surface area contributed by atoms with Gasteiger partial charge in [-0.3, -0.25) is 0 Å². The number of nitrogens with one attached hydrogen (secondary N) is 1. The summed E-state index contributed by atoms with van der Waals surface area (Å²) in [6.45, 7) is 0.399. The molecule has 1 aromatic carbocycles. The number of benzene rings is 1. The molecule has 0 aliphatic carbocycles. The molecule has 0 aromatic heterocycles. The summed E-state index contributed by atoms with van der Waals surface area (Å²) >= 11 is 5.70. The van der Waals surface area contributed by atoms with Gasteiger partial charge in [-0.1, -0.05) is 17.7 Å². The lowest BCUT2D eigenvalue weighted by atomic mass is 9.90. The molecule has 1 aliphatic rings. The van der Waals surface area contributed by atoms with E-state index >= 15 is 0 Å². The van der Waals surface area contributed by atoms with Crippen LogP contribution in [0.4, 0.5) is 13.2 Å². The normalized spacial score (nSPS) is 21.2. The Morgan fingerprint density at radius 2 is 2.07 bits per heavy atom. The summed E-state index contributed by atoms with van der Waals surface area (Å²) in [7, 11) is 0. The van der Waals surface area contributed by atoms with Gasteiger partial charge in [-0.25, -0.2) is 0 Å². The fraction of sp³-hybridized carbons (Fsp3) is 0.400. The molecule has 0 saturated heterocycles. The van der Waals surface area contributed by atoms with Crippen molar-refractivity contribution in [2.24, 2.45) is 0 Å². The molecule has 1 N–H and O–H groups in total. The summed E-state index contributed by atoms with van der Waals surface area (Å²) in [5, 5.41) is 3.11. The first kappa shape index (κ1) is 10.8. The predicted molar refractivity (Wildman–Crippen MR) is 52.0 cm³/mol. The highest BCUT2D eigenvalue weighted by atomic mass is 35.5. The monoisotopic (exact) mass is 235 g/mol. The average molecular weight is 236 g/mol. The first-order valence-corrected chi connectivity index (χ1v) is 4.92. The zero-order chi connectivity index (χ0) is 11.1. The Morgan fingerprint density at radius 1 is 1.33 bits per heavy atom. The van der Waals surface area contributed by atoms with Crippen LogP contribution in [-0.2, 0) is 6.54 Å². The van der Waals surface area contributed by atoms with E-state index < -0.39 is 12.1 Å². The van der Waals surface area contributed by atoms with Gasteiger partial charge in [0.1, 0.15) is 0 Å². The minimum atomic E-state index is -4.22. The Hall–Kier alpha value is -0.740. The van der Waals surface area contributed by atoms with Crippen LogP contribution in [0.25, 0.3) is 0 Å². The second kappa shape index (κ2) is 3.68. The second-order valence-electron chi connectivity index (χ2n) is 3.57. The van der Waals surface area contributed by atoms with E-state index in [9.17, 15) is 13.2 Å². The van der Waals surface area contributed by atoms with Crippen molar-refractivity contribution in [3.8, 4) is 0 Å². The van der Waals surface area contributed by atoms with Gasteiger partial charge in [0.25, 0.3) is 0 Å². The third-order valence-corrected chi connectivity index (χ3v) is 2.78. The summed E-state index contributed by atoms with van der Waals surface area (Å²) in [5.41, 5.74) is 0.974. The molecule has 15 heavy (non-hydrogen) atoms. The first-order chi connectivity index (χ1) is 6.98. The lowest BCUT2D eigenvalue weighted by Gasteiger charge is -2.28. The van der Waals surface area contributed by atoms with Gasteiger partial charge < -0.3 is 5.32 Å². The Morgan fingerprint density at radius 3 is 2.73 bits per heavy atom. The van der Waals surface area contributed by atoms with Gasteiger partial charge in [0.2, 0.25) is 0 Å². The highest BCUT2D eigenvalue weighted by molar-refractivity contribution is 6.30. The molecule has 1 aliphatic heterocycles. The molecule has 2 rings (SSSR count). The Kier molecular flexibility index (Phi) is 2.64. The van der Waals surface area contributed by atoms with Crippen LogP contribution in [0, 0.1) is 0 Å². The molecule has 0 bridgehead atoms. The topological polar surface area (TPSA) is 12.0 Å². The summed E-state index contributed by atoms with van der Waals surface area (Å²) in [6, 6.07) is 4.67. The Bertz CT molecular complexity index is 375. The molecule has 0 radical (unpaired) electrons. The van der Waals surface area contributed by atoms with Crippen LogP contribution in [0.1, 0.15) is 17.0 Å². The third kappa shape index (κ3) is 2.11. The van der Waals surface area contributed by atoms with Crippen LogP contribution in [0.2, 0.25) is 5.02 Å². The van der Waals surface area contributed by atoms with Crippen LogP contribution in [0.3, 0.4) is 0 Å². The lowest BCUT2D eigenvalue weighted by molar-refractivity contribution is -0.150. The van der Waals surface area contributed by atoms with Crippen LogP contribution in [-0.4, -0.2) is 12.7 Å². The molecule has 0 spiro atoms. The molecule has 0 amide bonds. The molecule has 0 saturated carbocycles. The third-order valence-electron chi connectivity index (χ3n) is 2.54. The number of fused-ring (bicyclic) bond motifs is 1. The standard InChI is InChI=1S/C10H9ClF3N/c11-7-2-1-6-4-15-5-9(8(6)3-7)10(12,13)14/h1-3,9,15H,4-5H2. The fourth-order valence-corrected chi connectivity index (χ4v) is 1.98. The van der Waals surface area contributed by atoms with E-state index in [1.54, 1.807) is 12.1 Å². The van der Waals surface area contributed by atoms with E-state index in [2.05, 4.69) is 5.32 Å². The van der Waals surface area contributed by atoms with Crippen molar-refractivity contribution in [1.29, 1.82) is 0 Å². The maximum atomic E-state index is 12.7. The predicted octanol–water partition coefficient (Wildman–Crippen LogP) is 3.09.